The third-order valence-electron chi connectivity index (χ3n) is 5.65. The van der Waals surface area contributed by atoms with Gasteiger partial charge in [0.1, 0.15) is 11.8 Å². The number of carbonyl (C=O) groups excluding carboxylic acids is 1. The summed E-state index contributed by atoms with van der Waals surface area (Å²) in [5, 5.41) is 11.4. The Kier molecular flexibility index (Phi) is 3.77. The van der Waals surface area contributed by atoms with Crippen LogP contribution in [0.5, 0.6) is 5.75 Å². The van der Waals surface area contributed by atoms with E-state index in [1.165, 1.54) is 0 Å². The molecule has 3 aromatic rings. The summed E-state index contributed by atoms with van der Waals surface area (Å²) in [5.74, 6) is 0.228. The largest absolute Gasteiger partial charge is 0.508 e. The van der Waals surface area contributed by atoms with Gasteiger partial charge in [-0.25, -0.2) is 0 Å². The number of hydrogen-bond donors (Lipinski definition) is 2. The number of phenolic OH excluding ortho intramolecular Hbond substituents is 1. The fraction of sp³-hybridized carbons (Fsp3) is 0.182. The highest BCUT2D eigenvalue weighted by atomic mass is 32.1. The first kappa shape index (κ1) is 17.0. The molecule has 2 aromatic carbocycles. The molecule has 2 N–H and O–H groups in total. The quantitative estimate of drug-likeness (QED) is 0.532. The second-order valence-electron chi connectivity index (χ2n) is 7.20. The van der Waals surface area contributed by atoms with Crippen molar-refractivity contribution >= 4 is 34.1 Å². The maximum Gasteiger partial charge on any atom is 0.252 e. The van der Waals surface area contributed by atoms with E-state index in [2.05, 4.69) is 23.7 Å². The summed E-state index contributed by atoms with van der Waals surface area (Å²) < 4.78 is 0. The third-order valence-corrected chi connectivity index (χ3v) is 6.09. The smallest absolute Gasteiger partial charge is 0.252 e. The zero-order chi connectivity index (χ0) is 19.4. The highest BCUT2D eigenvalue weighted by Crippen LogP contribution is 2.44. The van der Waals surface area contributed by atoms with Gasteiger partial charge in [-0.1, -0.05) is 36.4 Å². The van der Waals surface area contributed by atoms with Crippen LogP contribution in [0.3, 0.4) is 0 Å². The monoisotopic (exact) mass is 389 g/mol. The summed E-state index contributed by atoms with van der Waals surface area (Å²) in [6.45, 7) is 4.17. The zero-order valence-electron chi connectivity index (χ0n) is 15.1. The van der Waals surface area contributed by atoms with Crippen LogP contribution < -0.4 is 0 Å². The van der Waals surface area contributed by atoms with Gasteiger partial charge in [-0.15, -0.1) is 6.58 Å². The number of aromatic hydroxyl groups is 1. The lowest BCUT2D eigenvalue weighted by Crippen LogP contribution is -2.44. The van der Waals surface area contributed by atoms with Crippen LogP contribution in [0.4, 0.5) is 0 Å². The topological polar surface area (TPSA) is 59.6 Å². The minimum atomic E-state index is -0.335. The van der Waals surface area contributed by atoms with Crippen LogP contribution in [0.25, 0.3) is 10.9 Å². The summed E-state index contributed by atoms with van der Waals surface area (Å²) in [5.41, 5.74) is 4.25. The lowest BCUT2D eigenvalue weighted by molar-refractivity contribution is -0.128. The molecular formula is C22H19N3O2S. The van der Waals surface area contributed by atoms with Crippen molar-refractivity contribution in [1.82, 2.24) is 14.8 Å². The molecule has 5 nitrogen and oxygen atoms in total. The molecule has 1 aromatic heterocycles. The van der Waals surface area contributed by atoms with Crippen LogP contribution in [0, 0.1) is 0 Å². The molecule has 3 heterocycles. The molecule has 28 heavy (non-hydrogen) atoms. The molecule has 2 aliphatic heterocycles. The summed E-state index contributed by atoms with van der Waals surface area (Å²) >= 11 is 5.71. The summed E-state index contributed by atoms with van der Waals surface area (Å²) in [7, 11) is 0. The Morgan fingerprint density at radius 3 is 2.71 bits per heavy atom. The Bertz CT molecular complexity index is 1120. The van der Waals surface area contributed by atoms with Crippen molar-refractivity contribution in [3.05, 3.63) is 78.0 Å². The second kappa shape index (κ2) is 6.21. The minimum absolute atomic E-state index is 0.0182. The van der Waals surface area contributed by atoms with E-state index in [9.17, 15) is 9.90 Å². The van der Waals surface area contributed by atoms with Gasteiger partial charge in [0.25, 0.3) is 5.91 Å². The SMILES string of the molecule is C=CCN1C(=O)[C@H]2Cc3c([nH]c4ccccc34)[C@@H](c3ccc(O)cc3)N2C1=S. The van der Waals surface area contributed by atoms with Crippen LogP contribution >= 0.6 is 12.2 Å². The van der Waals surface area contributed by atoms with E-state index in [0.29, 0.717) is 18.1 Å². The fourth-order valence-electron chi connectivity index (χ4n) is 4.43. The number of rotatable bonds is 3. The van der Waals surface area contributed by atoms with Crippen LogP contribution in [-0.4, -0.2) is 43.5 Å². The fourth-order valence-corrected chi connectivity index (χ4v) is 4.83. The molecule has 6 heteroatoms. The summed E-state index contributed by atoms with van der Waals surface area (Å²) in [4.78, 5) is 20.4. The molecule has 0 spiro atoms. The molecule has 5 rings (SSSR count). The van der Waals surface area contributed by atoms with Gasteiger partial charge in [0, 0.05) is 29.6 Å². The molecule has 2 aliphatic rings. The van der Waals surface area contributed by atoms with Crippen molar-refractivity contribution in [1.29, 1.82) is 0 Å². The molecule has 0 unspecified atom stereocenters. The lowest BCUT2D eigenvalue weighted by Gasteiger charge is -2.37. The Morgan fingerprint density at radius 1 is 1.21 bits per heavy atom. The maximum atomic E-state index is 13.1. The molecule has 1 saturated heterocycles. The summed E-state index contributed by atoms with van der Waals surface area (Å²) in [6, 6.07) is 14.7. The Hall–Kier alpha value is -3.12. The van der Waals surface area contributed by atoms with E-state index in [1.807, 2.05) is 29.2 Å². The number of aromatic amines is 1. The number of hydrogen-bond acceptors (Lipinski definition) is 3. The number of phenols is 1. The molecular weight excluding hydrogens is 370 g/mol. The predicted octanol–water partition coefficient (Wildman–Crippen LogP) is 3.50. The van der Waals surface area contributed by atoms with E-state index in [1.54, 1.807) is 23.1 Å². The molecule has 0 bridgehead atoms. The first-order valence-corrected chi connectivity index (χ1v) is 9.64. The van der Waals surface area contributed by atoms with Crippen molar-refractivity contribution in [2.24, 2.45) is 0 Å². The number of carbonyl (C=O) groups is 1. The molecule has 2 atom stereocenters. The molecule has 0 saturated carbocycles. The number of fused-ring (bicyclic) bond motifs is 4. The summed E-state index contributed by atoms with van der Waals surface area (Å²) in [6.07, 6.45) is 2.31. The van der Waals surface area contributed by atoms with Crippen molar-refractivity contribution in [3.63, 3.8) is 0 Å². The van der Waals surface area contributed by atoms with Gasteiger partial charge in [-0.05, 0) is 41.5 Å². The number of H-pyrrole nitrogens is 1. The third kappa shape index (κ3) is 2.31. The molecule has 0 radical (unpaired) electrons. The van der Waals surface area contributed by atoms with Gasteiger partial charge in [0.05, 0.1) is 6.04 Å². The van der Waals surface area contributed by atoms with E-state index in [0.717, 1.165) is 27.7 Å². The van der Waals surface area contributed by atoms with Gasteiger partial charge in [0.2, 0.25) is 0 Å². The Morgan fingerprint density at radius 2 is 1.96 bits per heavy atom. The van der Waals surface area contributed by atoms with Crippen molar-refractivity contribution in [2.75, 3.05) is 6.54 Å². The Balaban J connectivity index is 1.73. The highest BCUT2D eigenvalue weighted by Gasteiger charge is 2.50. The molecule has 1 amide bonds. The maximum absolute atomic E-state index is 13.1. The average molecular weight is 389 g/mol. The van der Waals surface area contributed by atoms with Crippen molar-refractivity contribution in [3.8, 4) is 5.75 Å². The van der Waals surface area contributed by atoms with Crippen LogP contribution in [-0.2, 0) is 11.2 Å². The number of amides is 1. The minimum Gasteiger partial charge on any atom is -0.508 e. The second-order valence-corrected chi connectivity index (χ2v) is 7.57. The van der Waals surface area contributed by atoms with E-state index in [-0.39, 0.29) is 23.7 Å². The number of nitrogens with zero attached hydrogens (tertiary/aromatic N) is 2. The van der Waals surface area contributed by atoms with Crippen molar-refractivity contribution < 1.29 is 9.90 Å². The van der Waals surface area contributed by atoms with E-state index in [4.69, 9.17) is 12.2 Å². The van der Waals surface area contributed by atoms with Gasteiger partial charge in [0.15, 0.2) is 5.11 Å². The molecule has 1 fully saturated rings. The normalized spacial score (nSPS) is 21.1. The van der Waals surface area contributed by atoms with Gasteiger partial charge in [-0.3, -0.25) is 9.69 Å². The molecule has 140 valence electrons. The number of thiocarbonyl (C=S) groups is 1. The number of aromatic nitrogens is 1. The highest BCUT2D eigenvalue weighted by molar-refractivity contribution is 7.80. The van der Waals surface area contributed by atoms with Gasteiger partial charge < -0.3 is 15.0 Å². The number of benzene rings is 2. The Labute approximate surface area is 167 Å². The standard InChI is InChI=1S/C22H19N3O2S/c1-2-11-24-21(27)18-12-16-15-5-3-4-6-17(15)23-19(16)20(25(18)22(24)28)13-7-9-14(26)10-8-13/h2-10,18,20,23,26H,1,11-12H2/t18-,20-/m1/s1. The first-order valence-electron chi connectivity index (χ1n) is 9.23. The van der Waals surface area contributed by atoms with Crippen LogP contribution in [0.15, 0.2) is 61.2 Å². The van der Waals surface area contributed by atoms with Gasteiger partial charge in [-0.2, -0.15) is 0 Å². The van der Waals surface area contributed by atoms with Crippen molar-refractivity contribution in [2.45, 2.75) is 18.5 Å². The average Bonchev–Trinajstić information content (AvgIpc) is 3.19. The predicted molar refractivity (Wildman–Crippen MR) is 112 cm³/mol. The molecule has 0 aliphatic carbocycles. The lowest BCUT2D eigenvalue weighted by atomic mass is 9.89. The first-order chi connectivity index (χ1) is 13.6. The van der Waals surface area contributed by atoms with Gasteiger partial charge >= 0.3 is 0 Å². The van der Waals surface area contributed by atoms with Crippen LogP contribution in [0.1, 0.15) is 22.9 Å². The zero-order valence-corrected chi connectivity index (χ0v) is 15.9. The number of nitrogens with one attached hydrogen (secondary N) is 1. The number of para-hydroxylation sites is 1. The van der Waals surface area contributed by atoms with Crippen LogP contribution in [0.2, 0.25) is 0 Å². The van der Waals surface area contributed by atoms with E-state index >= 15 is 0 Å². The van der Waals surface area contributed by atoms with E-state index < -0.39 is 0 Å².